The first-order valence-corrected chi connectivity index (χ1v) is 10.8. The van der Waals surface area contributed by atoms with E-state index in [0.717, 1.165) is 10.5 Å². The minimum absolute atomic E-state index is 1.11. The van der Waals surface area contributed by atoms with Crippen LogP contribution in [0.4, 0.5) is 0 Å². The standard InChI is InChI=1S/C16H17NSSi/c1-19(2,3)13-9-10-15-14(11-13)17-16(18-15)12-7-5-4-6-8-12/h4-11H,1-3H3. The van der Waals surface area contributed by atoms with Crippen LogP contribution in [0, 0.1) is 0 Å². The fourth-order valence-electron chi connectivity index (χ4n) is 2.10. The van der Waals surface area contributed by atoms with E-state index in [-0.39, 0.29) is 0 Å². The lowest BCUT2D eigenvalue weighted by atomic mass is 10.2. The smallest absolute Gasteiger partial charge is 0.124 e. The molecule has 1 heterocycles. The van der Waals surface area contributed by atoms with E-state index < -0.39 is 8.07 Å². The molecule has 0 atom stereocenters. The fourth-order valence-corrected chi connectivity index (χ4v) is 4.20. The molecule has 0 aliphatic carbocycles. The molecule has 0 aliphatic rings. The van der Waals surface area contributed by atoms with Crippen molar-refractivity contribution in [2.45, 2.75) is 19.6 Å². The SMILES string of the molecule is C[Si](C)(C)c1ccc2sc(-c3ccccc3)nc2c1. The zero-order valence-corrected chi connectivity index (χ0v) is 13.3. The van der Waals surface area contributed by atoms with Crippen LogP contribution in [0.5, 0.6) is 0 Å². The molecule has 0 saturated carbocycles. The minimum Gasteiger partial charge on any atom is -0.236 e. The number of fused-ring (bicyclic) bond motifs is 1. The second kappa shape index (κ2) is 4.58. The second-order valence-corrected chi connectivity index (χ2v) is 11.9. The van der Waals surface area contributed by atoms with Crippen molar-refractivity contribution in [2.75, 3.05) is 0 Å². The molecule has 96 valence electrons. The van der Waals surface area contributed by atoms with E-state index in [4.69, 9.17) is 4.98 Å². The van der Waals surface area contributed by atoms with E-state index in [1.807, 2.05) is 6.07 Å². The Kier molecular flexibility index (Phi) is 3.03. The zero-order chi connectivity index (χ0) is 13.5. The van der Waals surface area contributed by atoms with Gasteiger partial charge in [-0.05, 0) is 12.1 Å². The van der Waals surface area contributed by atoms with Gasteiger partial charge in [0.1, 0.15) is 5.01 Å². The van der Waals surface area contributed by atoms with Crippen molar-refractivity contribution >= 4 is 34.8 Å². The van der Waals surface area contributed by atoms with Crippen molar-refractivity contribution in [1.82, 2.24) is 4.98 Å². The van der Waals surface area contributed by atoms with E-state index in [1.54, 1.807) is 11.3 Å². The van der Waals surface area contributed by atoms with Crippen molar-refractivity contribution in [3.63, 3.8) is 0 Å². The van der Waals surface area contributed by atoms with E-state index in [9.17, 15) is 0 Å². The first-order chi connectivity index (χ1) is 9.04. The largest absolute Gasteiger partial charge is 0.236 e. The van der Waals surface area contributed by atoms with Gasteiger partial charge in [0.25, 0.3) is 0 Å². The number of thiazole rings is 1. The van der Waals surface area contributed by atoms with Gasteiger partial charge in [-0.2, -0.15) is 0 Å². The number of hydrogen-bond acceptors (Lipinski definition) is 2. The summed E-state index contributed by atoms with van der Waals surface area (Å²) in [5, 5.41) is 2.59. The Labute approximate surface area is 119 Å². The third-order valence-corrected chi connectivity index (χ3v) is 6.40. The first kappa shape index (κ1) is 12.6. The molecular weight excluding hydrogens is 266 g/mol. The average molecular weight is 283 g/mol. The molecule has 0 N–H and O–H groups in total. The Hall–Kier alpha value is -1.45. The van der Waals surface area contributed by atoms with Crippen LogP contribution in [0.1, 0.15) is 0 Å². The van der Waals surface area contributed by atoms with Crippen molar-refractivity contribution in [1.29, 1.82) is 0 Å². The van der Waals surface area contributed by atoms with Crippen LogP contribution >= 0.6 is 11.3 Å². The maximum Gasteiger partial charge on any atom is 0.124 e. The van der Waals surface area contributed by atoms with Crippen molar-refractivity contribution < 1.29 is 0 Å². The van der Waals surface area contributed by atoms with E-state index in [2.05, 4.69) is 62.1 Å². The number of aromatic nitrogens is 1. The molecule has 0 spiro atoms. The van der Waals surface area contributed by atoms with E-state index in [1.165, 1.54) is 15.5 Å². The highest BCUT2D eigenvalue weighted by atomic mass is 32.1. The molecule has 0 radical (unpaired) electrons. The Morgan fingerprint density at radius 1 is 0.947 bits per heavy atom. The van der Waals surface area contributed by atoms with Crippen LogP contribution in [-0.4, -0.2) is 13.1 Å². The minimum atomic E-state index is -1.26. The lowest BCUT2D eigenvalue weighted by Crippen LogP contribution is -2.37. The van der Waals surface area contributed by atoms with Gasteiger partial charge in [-0.3, -0.25) is 0 Å². The number of benzene rings is 2. The van der Waals surface area contributed by atoms with Gasteiger partial charge in [-0.15, -0.1) is 11.3 Å². The molecule has 0 saturated heterocycles. The van der Waals surface area contributed by atoms with Crippen molar-refractivity contribution in [3.8, 4) is 10.6 Å². The Bertz CT molecular complexity index is 710. The van der Waals surface area contributed by atoms with Gasteiger partial charge in [0, 0.05) is 5.56 Å². The van der Waals surface area contributed by atoms with Crippen LogP contribution < -0.4 is 5.19 Å². The normalized spacial score (nSPS) is 11.9. The zero-order valence-electron chi connectivity index (χ0n) is 11.5. The highest BCUT2D eigenvalue weighted by Gasteiger charge is 2.17. The lowest BCUT2D eigenvalue weighted by Gasteiger charge is -2.15. The maximum atomic E-state index is 4.80. The number of nitrogens with zero attached hydrogens (tertiary/aromatic N) is 1. The number of rotatable bonds is 2. The second-order valence-electron chi connectivity index (χ2n) is 5.82. The van der Waals surface area contributed by atoms with Gasteiger partial charge in [-0.1, -0.05) is 61.2 Å². The Balaban J connectivity index is 2.12. The molecule has 1 aromatic heterocycles. The van der Waals surface area contributed by atoms with Gasteiger partial charge in [0.05, 0.1) is 18.3 Å². The van der Waals surface area contributed by atoms with Crippen LogP contribution in [0.2, 0.25) is 19.6 Å². The van der Waals surface area contributed by atoms with Gasteiger partial charge in [-0.25, -0.2) is 4.98 Å². The topological polar surface area (TPSA) is 12.9 Å². The first-order valence-electron chi connectivity index (χ1n) is 6.50. The summed E-state index contributed by atoms with van der Waals surface area (Å²) in [6, 6.07) is 17.2. The maximum absolute atomic E-state index is 4.80. The molecular formula is C16H17NSSi. The molecule has 3 rings (SSSR count). The highest BCUT2D eigenvalue weighted by molar-refractivity contribution is 7.21. The summed E-state index contributed by atoms with van der Waals surface area (Å²) in [4.78, 5) is 4.80. The number of hydrogen-bond donors (Lipinski definition) is 0. The third kappa shape index (κ3) is 2.48. The molecule has 0 aliphatic heterocycles. The van der Waals surface area contributed by atoms with Crippen LogP contribution in [0.15, 0.2) is 48.5 Å². The summed E-state index contributed by atoms with van der Waals surface area (Å²) in [6.45, 7) is 7.12. The average Bonchev–Trinajstić information content (AvgIpc) is 2.81. The molecule has 2 aromatic carbocycles. The van der Waals surface area contributed by atoms with Crippen molar-refractivity contribution in [3.05, 3.63) is 48.5 Å². The predicted octanol–water partition coefficient (Wildman–Crippen LogP) is 4.51. The van der Waals surface area contributed by atoms with Crippen LogP contribution in [0.25, 0.3) is 20.8 Å². The highest BCUT2D eigenvalue weighted by Crippen LogP contribution is 2.29. The van der Waals surface area contributed by atoms with Gasteiger partial charge in [0.2, 0.25) is 0 Å². The molecule has 0 amide bonds. The molecule has 1 nitrogen and oxygen atoms in total. The summed E-state index contributed by atoms with van der Waals surface area (Å²) in [5.41, 5.74) is 2.35. The van der Waals surface area contributed by atoms with Gasteiger partial charge in [0.15, 0.2) is 0 Å². The molecule has 0 fully saturated rings. The quantitative estimate of drug-likeness (QED) is 0.631. The summed E-state index contributed by atoms with van der Waals surface area (Å²) in [6.07, 6.45) is 0. The third-order valence-electron chi connectivity index (χ3n) is 3.27. The van der Waals surface area contributed by atoms with E-state index in [0.29, 0.717) is 0 Å². The molecule has 0 unspecified atom stereocenters. The molecule has 0 bridgehead atoms. The Morgan fingerprint density at radius 2 is 1.68 bits per heavy atom. The lowest BCUT2D eigenvalue weighted by molar-refractivity contribution is 1.48. The van der Waals surface area contributed by atoms with Crippen LogP contribution in [-0.2, 0) is 0 Å². The molecule has 19 heavy (non-hydrogen) atoms. The van der Waals surface area contributed by atoms with Crippen LogP contribution in [0.3, 0.4) is 0 Å². The van der Waals surface area contributed by atoms with E-state index >= 15 is 0 Å². The van der Waals surface area contributed by atoms with Gasteiger partial charge < -0.3 is 0 Å². The van der Waals surface area contributed by atoms with Gasteiger partial charge >= 0.3 is 0 Å². The van der Waals surface area contributed by atoms with Crippen molar-refractivity contribution in [2.24, 2.45) is 0 Å². The molecule has 3 aromatic rings. The summed E-state index contributed by atoms with van der Waals surface area (Å²) >= 11 is 1.77. The molecule has 3 heteroatoms. The summed E-state index contributed by atoms with van der Waals surface area (Å²) in [5.74, 6) is 0. The predicted molar refractivity (Wildman–Crippen MR) is 88.0 cm³/mol. The Morgan fingerprint density at radius 3 is 2.37 bits per heavy atom. The monoisotopic (exact) mass is 283 g/mol. The summed E-state index contributed by atoms with van der Waals surface area (Å²) < 4.78 is 1.28. The fraction of sp³-hybridized carbons (Fsp3) is 0.188. The summed E-state index contributed by atoms with van der Waals surface area (Å²) in [7, 11) is -1.26.